The Labute approximate surface area is 168 Å². The van der Waals surface area contributed by atoms with Gasteiger partial charge in [0.05, 0.1) is 12.5 Å². The lowest BCUT2D eigenvalue weighted by Gasteiger charge is -2.49. The molecule has 28 heavy (non-hydrogen) atoms. The number of imidazole rings is 1. The average Bonchev–Trinajstić information content (AvgIpc) is 3.19. The van der Waals surface area contributed by atoms with Crippen molar-refractivity contribution in [2.45, 2.75) is 52.1 Å². The minimum absolute atomic E-state index is 0.0143. The van der Waals surface area contributed by atoms with E-state index in [9.17, 15) is 4.79 Å². The van der Waals surface area contributed by atoms with Crippen molar-refractivity contribution < 1.29 is 4.79 Å². The Morgan fingerprint density at radius 3 is 2.54 bits per heavy atom. The van der Waals surface area contributed by atoms with Crippen LogP contribution in [-0.4, -0.2) is 51.4 Å². The lowest BCUT2D eigenvalue weighted by molar-refractivity contribution is -0.141. The van der Waals surface area contributed by atoms with Gasteiger partial charge in [-0.05, 0) is 57.2 Å². The number of aromatic nitrogens is 2. The van der Waals surface area contributed by atoms with E-state index < -0.39 is 0 Å². The molecule has 2 saturated heterocycles. The van der Waals surface area contributed by atoms with E-state index in [0.29, 0.717) is 5.91 Å². The SMILES string of the molecule is CCN1CC2(CCN(Cc3nccn3CC)CC2)CC(c2ccccc2)C1=O. The highest BCUT2D eigenvalue weighted by molar-refractivity contribution is 5.84. The van der Waals surface area contributed by atoms with Crippen LogP contribution in [0.2, 0.25) is 0 Å². The maximum Gasteiger partial charge on any atom is 0.230 e. The van der Waals surface area contributed by atoms with Crippen LogP contribution < -0.4 is 0 Å². The average molecular weight is 381 g/mol. The smallest absolute Gasteiger partial charge is 0.230 e. The number of likely N-dealkylation sites (N-methyl/N-ethyl adjacent to an activating group) is 1. The fraction of sp³-hybridized carbons (Fsp3) is 0.565. The number of hydrogen-bond acceptors (Lipinski definition) is 3. The van der Waals surface area contributed by atoms with E-state index >= 15 is 0 Å². The number of carbonyl (C=O) groups excluding carboxylic acids is 1. The van der Waals surface area contributed by atoms with E-state index in [1.54, 1.807) is 0 Å². The summed E-state index contributed by atoms with van der Waals surface area (Å²) in [6, 6.07) is 10.4. The van der Waals surface area contributed by atoms with Gasteiger partial charge in [0.25, 0.3) is 0 Å². The molecule has 0 radical (unpaired) electrons. The van der Waals surface area contributed by atoms with Crippen molar-refractivity contribution >= 4 is 5.91 Å². The Morgan fingerprint density at radius 2 is 1.86 bits per heavy atom. The van der Waals surface area contributed by atoms with E-state index in [0.717, 1.165) is 64.4 Å². The number of piperidine rings is 2. The molecule has 1 amide bonds. The van der Waals surface area contributed by atoms with Gasteiger partial charge < -0.3 is 9.47 Å². The van der Waals surface area contributed by atoms with Gasteiger partial charge >= 0.3 is 0 Å². The largest absolute Gasteiger partial charge is 0.342 e. The fourth-order valence-corrected chi connectivity index (χ4v) is 5.03. The fourth-order valence-electron chi connectivity index (χ4n) is 5.03. The second-order valence-corrected chi connectivity index (χ2v) is 8.43. The summed E-state index contributed by atoms with van der Waals surface area (Å²) in [5.41, 5.74) is 1.43. The van der Waals surface area contributed by atoms with Gasteiger partial charge in [-0.25, -0.2) is 4.98 Å². The zero-order valence-corrected chi connectivity index (χ0v) is 17.2. The van der Waals surface area contributed by atoms with Crippen molar-refractivity contribution in [2.24, 2.45) is 5.41 Å². The van der Waals surface area contributed by atoms with Gasteiger partial charge in [-0.15, -0.1) is 0 Å². The van der Waals surface area contributed by atoms with Crippen molar-refractivity contribution in [3.63, 3.8) is 0 Å². The zero-order valence-electron chi connectivity index (χ0n) is 17.2. The molecular formula is C23H32N4O. The third-order valence-corrected chi connectivity index (χ3v) is 6.78. The van der Waals surface area contributed by atoms with Gasteiger partial charge in [0.15, 0.2) is 0 Å². The molecule has 0 saturated carbocycles. The Balaban J connectivity index is 1.46. The predicted octanol–water partition coefficient (Wildman–Crippen LogP) is 3.52. The van der Waals surface area contributed by atoms with Crippen molar-refractivity contribution in [1.82, 2.24) is 19.4 Å². The molecule has 0 aliphatic carbocycles. The Hall–Kier alpha value is -2.14. The number of amides is 1. The van der Waals surface area contributed by atoms with Crippen molar-refractivity contribution in [3.05, 3.63) is 54.1 Å². The molecule has 2 aromatic rings. The highest BCUT2D eigenvalue weighted by Gasteiger charge is 2.45. The van der Waals surface area contributed by atoms with Crippen LogP contribution in [0.1, 0.15) is 50.4 Å². The van der Waals surface area contributed by atoms with Gasteiger partial charge in [0.1, 0.15) is 5.82 Å². The first-order valence-corrected chi connectivity index (χ1v) is 10.7. The van der Waals surface area contributed by atoms with Gasteiger partial charge in [-0.2, -0.15) is 0 Å². The number of likely N-dealkylation sites (tertiary alicyclic amines) is 2. The highest BCUT2D eigenvalue weighted by atomic mass is 16.2. The Bertz CT molecular complexity index is 792. The number of aryl methyl sites for hydroxylation is 1. The molecule has 0 N–H and O–H groups in total. The number of carbonyl (C=O) groups is 1. The van der Waals surface area contributed by atoms with Crippen LogP contribution >= 0.6 is 0 Å². The maximum absolute atomic E-state index is 13.0. The second-order valence-electron chi connectivity index (χ2n) is 8.43. The summed E-state index contributed by atoms with van der Waals surface area (Å²) in [4.78, 5) is 22.2. The molecule has 1 aromatic heterocycles. The minimum atomic E-state index is 0.0143. The molecular weight excluding hydrogens is 348 g/mol. The molecule has 0 bridgehead atoms. The molecule has 5 nitrogen and oxygen atoms in total. The molecule has 2 aliphatic heterocycles. The van der Waals surface area contributed by atoms with E-state index in [1.165, 1.54) is 5.56 Å². The summed E-state index contributed by atoms with van der Waals surface area (Å²) in [5, 5.41) is 0. The van der Waals surface area contributed by atoms with Gasteiger partial charge in [0.2, 0.25) is 5.91 Å². The molecule has 2 fully saturated rings. The van der Waals surface area contributed by atoms with Crippen molar-refractivity contribution in [1.29, 1.82) is 0 Å². The van der Waals surface area contributed by atoms with E-state index in [-0.39, 0.29) is 11.3 Å². The van der Waals surface area contributed by atoms with Crippen LogP contribution in [0.15, 0.2) is 42.7 Å². The predicted molar refractivity (Wildman–Crippen MR) is 111 cm³/mol. The van der Waals surface area contributed by atoms with Crippen LogP contribution in [-0.2, 0) is 17.9 Å². The van der Waals surface area contributed by atoms with Crippen molar-refractivity contribution in [2.75, 3.05) is 26.2 Å². The molecule has 1 atom stereocenters. The first kappa shape index (κ1) is 19.2. The summed E-state index contributed by atoms with van der Waals surface area (Å²) in [7, 11) is 0. The lowest BCUT2D eigenvalue weighted by Crippen LogP contribution is -2.53. The summed E-state index contributed by atoms with van der Waals surface area (Å²) in [5.74, 6) is 1.49. The topological polar surface area (TPSA) is 41.4 Å². The third kappa shape index (κ3) is 3.72. The first-order chi connectivity index (χ1) is 13.6. The normalized spacial score (nSPS) is 22.7. The third-order valence-electron chi connectivity index (χ3n) is 6.78. The summed E-state index contributed by atoms with van der Waals surface area (Å²) >= 11 is 0. The van der Waals surface area contributed by atoms with Crippen LogP contribution in [0.5, 0.6) is 0 Å². The molecule has 2 aliphatic rings. The maximum atomic E-state index is 13.0. The number of hydrogen-bond donors (Lipinski definition) is 0. The summed E-state index contributed by atoms with van der Waals surface area (Å²) in [6.45, 7) is 10.1. The van der Waals surface area contributed by atoms with E-state index in [2.05, 4.69) is 63.7 Å². The van der Waals surface area contributed by atoms with Gasteiger partial charge in [-0.3, -0.25) is 9.69 Å². The number of nitrogens with zero attached hydrogens (tertiary/aromatic N) is 4. The van der Waals surface area contributed by atoms with Crippen LogP contribution in [0, 0.1) is 5.41 Å². The lowest BCUT2D eigenvalue weighted by atomic mass is 9.67. The van der Waals surface area contributed by atoms with Crippen LogP contribution in [0.3, 0.4) is 0 Å². The summed E-state index contributed by atoms with van der Waals surface area (Å²) < 4.78 is 2.23. The van der Waals surface area contributed by atoms with Gasteiger partial charge in [0, 0.05) is 32.0 Å². The van der Waals surface area contributed by atoms with Gasteiger partial charge in [-0.1, -0.05) is 30.3 Å². The molecule has 1 spiro atoms. The van der Waals surface area contributed by atoms with E-state index in [4.69, 9.17) is 0 Å². The Kier molecular flexibility index (Phi) is 5.54. The first-order valence-electron chi connectivity index (χ1n) is 10.7. The van der Waals surface area contributed by atoms with E-state index in [1.807, 2.05) is 12.3 Å². The van der Waals surface area contributed by atoms with Crippen LogP contribution in [0.4, 0.5) is 0 Å². The molecule has 1 unspecified atom stereocenters. The Morgan fingerprint density at radius 1 is 1.11 bits per heavy atom. The van der Waals surface area contributed by atoms with Crippen molar-refractivity contribution in [3.8, 4) is 0 Å². The number of rotatable bonds is 5. The molecule has 150 valence electrons. The second kappa shape index (κ2) is 8.08. The number of benzene rings is 1. The standard InChI is InChI=1S/C23H32N4O/c1-3-26-15-12-24-21(26)17-25-13-10-23(11-14-25)16-20(19-8-6-5-7-9-19)22(28)27(4-2)18-23/h5-9,12,15,20H,3-4,10-11,13-14,16-18H2,1-2H3. The molecule has 1 aromatic carbocycles. The molecule has 5 heteroatoms. The molecule has 4 rings (SSSR count). The molecule has 3 heterocycles. The summed E-state index contributed by atoms with van der Waals surface area (Å²) in [6.07, 6.45) is 7.28. The highest BCUT2D eigenvalue weighted by Crippen LogP contribution is 2.45. The van der Waals surface area contributed by atoms with Crippen LogP contribution in [0.25, 0.3) is 0 Å². The zero-order chi connectivity index (χ0) is 19.6. The monoisotopic (exact) mass is 380 g/mol. The minimum Gasteiger partial charge on any atom is -0.342 e. The quantitative estimate of drug-likeness (QED) is 0.797.